The largest absolute Gasteiger partial charge is 0.386 e. The highest BCUT2D eigenvalue weighted by Gasteiger charge is 2.22. The molecule has 2 rings (SSSR count). The minimum absolute atomic E-state index is 0.0310. The van der Waals surface area contributed by atoms with Crippen molar-refractivity contribution >= 4 is 22.7 Å². The molecule has 0 fully saturated rings. The molecule has 5 heteroatoms. The van der Waals surface area contributed by atoms with Crippen LogP contribution < -0.4 is 0 Å². The lowest BCUT2D eigenvalue weighted by molar-refractivity contribution is 0.173. The van der Waals surface area contributed by atoms with Crippen LogP contribution in [-0.2, 0) is 17.3 Å². The lowest BCUT2D eigenvalue weighted by Crippen LogP contribution is -2.12. The molecular formula is C16H24N2OS2. The average Bonchev–Trinajstić information content (AvgIpc) is 2.94. The van der Waals surface area contributed by atoms with E-state index in [-0.39, 0.29) is 10.8 Å². The van der Waals surface area contributed by atoms with Gasteiger partial charge in [-0.05, 0) is 0 Å². The van der Waals surface area contributed by atoms with Gasteiger partial charge in [-0.15, -0.1) is 22.7 Å². The van der Waals surface area contributed by atoms with Gasteiger partial charge in [-0.3, -0.25) is 0 Å². The Morgan fingerprint density at radius 2 is 1.67 bits per heavy atom. The first-order valence-corrected chi connectivity index (χ1v) is 8.92. The molecular weight excluding hydrogens is 300 g/mol. The third-order valence-electron chi connectivity index (χ3n) is 3.19. The average molecular weight is 325 g/mol. The van der Waals surface area contributed by atoms with Crippen molar-refractivity contribution in [3.05, 3.63) is 32.2 Å². The quantitative estimate of drug-likeness (QED) is 0.906. The Bertz CT molecular complexity index is 602. The number of aliphatic hydroxyl groups is 1. The van der Waals surface area contributed by atoms with E-state index in [1.807, 2.05) is 5.38 Å². The van der Waals surface area contributed by atoms with Crippen molar-refractivity contribution in [1.82, 2.24) is 9.97 Å². The van der Waals surface area contributed by atoms with Crippen LogP contribution in [-0.4, -0.2) is 15.1 Å². The molecule has 0 aliphatic heterocycles. The van der Waals surface area contributed by atoms with Gasteiger partial charge in [0, 0.05) is 28.0 Å². The zero-order valence-electron chi connectivity index (χ0n) is 13.6. The number of hydrogen-bond acceptors (Lipinski definition) is 5. The smallest absolute Gasteiger partial charge is 0.103 e. The number of nitrogens with zero attached hydrogens (tertiary/aromatic N) is 2. The van der Waals surface area contributed by atoms with Crippen LogP contribution in [0, 0.1) is 0 Å². The number of aliphatic hydroxyl groups excluding tert-OH is 1. The van der Waals surface area contributed by atoms with Gasteiger partial charge in [-0.25, -0.2) is 9.97 Å². The third kappa shape index (κ3) is 4.11. The molecule has 2 heterocycles. The molecule has 116 valence electrons. The first-order chi connectivity index (χ1) is 9.57. The predicted octanol–water partition coefficient (Wildman–Crippen LogP) is 4.47. The Morgan fingerprint density at radius 3 is 2.14 bits per heavy atom. The van der Waals surface area contributed by atoms with Crippen LogP contribution in [0.15, 0.2) is 10.8 Å². The summed E-state index contributed by atoms with van der Waals surface area (Å²) in [4.78, 5) is 9.22. The lowest BCUT2D eigenvalue weighted by atomic mass is 9.93. The monoisotopic (exact) mass is 324 g/mol. The summed E-state index contributed by atoms with van der Waals surface area (Å²) in [6.07, 6.45) is -0.0371. The summed E-state index contributed by atoms with van der Waals surface area (Å²) in [6.45, 7) is 12.9. The summed E-state index contributed by atoms with van der Waals surface area (Å²) in [5.41, 5.74) is 1.93. The fraction of sp³-hybridized carbons (Fsp3) is 0.625. The van der Waals surface area contributed by atoms with Gasteiger partial charge in [0.05, 0.1) is 21.4 Å². The first kappa shape index (κ1) is 16.6. The minimum Gasteiger partial charge on any atom is -0.386 e. The number of aromatic nitrogens is 2. The van der Waals surface area contributed by atoms with E-state index >= 15 is 0 Å². The molecule has 0 spiro atoms. The normalized spacial score (nSPS) is 14.4. The van der Waals surface area contributed by atoms with E-state index in [1.165, 1.54) is 0 Å². The van der Waals surface area contributed by atoms with Gasteiger partial charge in [0.1, 0.15) is 6.10 Å². The van der Waals surface area contributed by atoms with Crippen LogP contribution >= 0.6 is 22.7 Å². The van der Waals surface area contributed by atoms with Crippen molar-refractivity contribution in [2.75, 3.05) is 0 Å². The standard InChI is InChI=1S/C16H24N2OS2/c1-15(2,3)12-9-20-13(18-12)7-11(19)10-8-21-14(17-10)16(4,5)6/h8-9,11,19H,7H2,1-6H3. The van der Waals surface area contributed by atoms with Crippen LogP contribution in [0.2, 0.25) is 0 Å². The van der Waals surface area contributed by atoms with Gasteiger partial charge in [-0.2, -0.15) is 0 Å². The topological polar surface area (TPSA) is 46.0 Å². The Hall–Kier alpha value is -0.780. The number of hydrogen-bond donors (Lipinski definition) is 1. The molecule has 1 N–H and O–H groups in total. The van der Waals surface area contributed by atoms with Crippen LogP contribution in [0.3, 0.4) is 0 Å². The van der Waals surface area contributed by atoms with Crippen molar-refractivity contribution in [3.8, 4) is 0 Å². The van der Waals surface area contributed by atoms with E-state index in [9.17, 15) is 5.11 Å². The summed E-state index contributed by atoms with van der Waals surface area (Å²) in [7, 11) is 0. The molecule has 0 saturated carbocycles. The number of rotatable bonds is 3. The highest BCUT2D eigenvalue weighted by molar-refractivity contribution is 7.10. The Kier molecular flexibility index (Phi) is 4.57. The molecule has 0 aliphatic carbocycles. The van der Waals surface area contributed by atoms with E-state index in [1.54, 1.807) is 22.7 Å². The molecule has 3 nitrogen and oxygen atoms in total. The van der Waals surface area contributed by atoms with Crippen molar-refractivity contribution < 1.29 is 5.11 Å². The predicted molar refractivity (Wildman–Crippen MR) is 90.3 cm³/mol. The fourth-order valence-electron chi connectivity index (χ4n) is 1.80. The van der Waals surface area contributed by atoms with Gasteiger partial charge in [-0.1, -0.05) is 41.5 Å². The molecule has 0 amide bonds. The molecule has 2 aromatic rings. The van der Waals surface area contributed by atoms with Gasteiger partial charge >= 0.3 is 0 Å². The fourth-order valence-corrected chi connectivity index (χ4v) is 3.82. The van der Waals surface area contributed by atoms with Gasteiger partial charge in [0.15, 0.2) is 0 Å². The molecule has 0 aliphatic rings. The Balaban J connectivity index is 2.09. The molecule has 1 unspecified atom stereocenters. The Morgan fingerprint density at radius 1 is 1.00 bits per heavy atom. The second kappa shape index (κ2) is 5.78. The van der Waals surface area contributed by atoms with Crippen molar-refractivity contribution in [2.24, 2.45) is 0 Å². The summed E-state index contributed by atoms with van der Waals surface area (Å²) in [6, 6.07) is 0. The van der Waals surface area contributed by atoms with Crippen LogP contribution in [0.1, 0.15) is 69.0 Å². The minimum atomic E-state index is -0.573. The second-order valence-corrected chi connectivity index (χ2v) is 9.22. The highest BCUT2D eigenvalue weighted by Crippen LogP contribution is 2.30. The second-order valence-electron chi connectivity index (χ2n) is 7.42. The maximum Gasteiger partial charge on any atom is 0.103 e. The van der Waals surface area contributed by atoms with E-state index in [4.69, 9.17) is 0 Å². The molecule has 0 saturated heterocycles. The zero-order valence-corrected chi connectivity index (χ0v) is 15.2. The number of thiazole rings is 2. The summed E-state index contributed by atoms with van der Waals surface area (Å²) < 4.78 is 0. The SMILES string of the molecule is CC(C)(C)c1csc(CC(O)c2csc(C(C)(C)C)n2)n1. The first-order valence-electron chi connectivity index (χ1n) is 7.16. The van der Waals surface area contributed by atoms with E-state index in [0.717, 1.165) is 21.4 Å². The van der Waals surface area contributed by atoms with Gasteiger partial charge in [0.2, 0.25) is 0 Å². The summed E-state index contributed by atoms with van der Waals surface area (Å²) in [5.74, 6) is 0. The van der Waals surface area contributed by atoms with Crippen molar-refractivity contribution in [3.63, 3.8) is 0 Å². The maximum absolute atomic E-state index is 10.4. The zero-order chi connectivity index (χ0) is 15.8. The summed E-state index contributed by atoms with van der Waals surface area (Å²) >= 11 is 3.23. The van der Waals surface area contributed by atoms with Crippen LogP contribution in [0.25, 0.3) is 0 Å². The van der Waals surface area contributed by atoms with Gasteiger partial charge in [0.25, 0.3) is 0 Å². The summed E-state index contributed by atoms with van der Waals surface area (Å²) in [5, 5.41) is 16.5. The third-order valence-corrected chi connectivity index (χ3v) is 5.35. The molecule has 0 bridgehead atoms. The molecule has 1 atom stereocenters. The molecule has 2 aromatic heterocycles. The molecule has 0 aromatic carbocycles. The maximum atomic E-state index is 10.4. The molecule has 21 heavy (non-hydrogen) atoms. The van der Waals surface area contributed by atoms with E-state index < -0.39 is 6.10 Å². The van der Waals surface area contributed by atoms with Crippen molar-refractivity contribution in [2.45, 2.75) is 64.9 Å². The molecule has 0 radical (unpaired) electrons. The van der Waals surface area contributed by atoms with Gasteiger partial charge < -0.3 is 5.11 Å². The van der Waals surface area contributed by atoms with Crippen LogP contribution in [0.5, 0.6) is 0 Å². The highest BCUT2D eigenvalue weighted by atomic mass is 32.1. The van der Waals surface area contributed by atoms with Crippen molar-refractivity contribution in [1.29, 1.82) is 0 Å². The van der Waals surface area contributed by atoms with E-state index in [0.29, 0.717) is 6.42 Å². The van der Waals surface area contributed by atoms with E-state index in [2.05, 4.69) is 56.9 Å². The lowest BCUT2D eigenvalue weighted by Gasteiger charge is -2.14. The van der Waals surface area contributed by atoms with Crippen LogP contribution in [0.4, 0.5) is 0 Å². The Labute approximate surface area is 135 Å².